The molecule has 1 aliphatic carbocycles. The first-order valence-electron chi connectivity index (χ1n) is 9.80. The number of aromatic nitrogens is 3. The van der Waals surface area contributed by atoms with Crippen LogP contribution in [0.3, 0.4) is 0 Å². The van der Waals surface area contributed by atoms with E-state index in [4.69, 9.17) is 10.5 Å². The van der Waals surface area contributed by atoms with Crippen LogP contribution in [-0.4, -0.2) is 81.5 Å². The van der Waals surface area contributed by atoms with Gasteiger partial charge in [-0.2, -0.15) is 0 Å². The standard InChI is InChI=1S/C18H28N6O3/c1-22-12-18(27-11-16(22)25)6-8-23(9-7-18)17(26)15-10-24(21-20-15)14-4-2-13(19)3-5-14/h10,13-14H,2-9,11-12,19H2,1H3. The third-order valence-electron chi connectivity index (χ3n) is 6.26. The average molecular weight is 376 g/mol. The number of morpholine rings is 1. The fourth-order valence-electron chi connectivity index (χ4n) is 4.39. The Bertz CT molecular complexity index is 704. The number of piperidine rings is 1. The summed E-state index contributed by atoms with van der Waals surface area (Å²) in [6.45, 7) is 1.93. The van der Waals surface area contributed by atoms with Gasteiger partial charge in [0.25, 0.3) is 5.91 Å². The molecule has 3 aliphatic rings. The molecule has 9 heteroatoms. The molecule has 1 aromatic rings. The van der Waals surface area contributed by atoms with E-state index in [-0.39, 0.29) is 36.1 Å². The van der Waals surface area contributed by atoms with E-state index in [1.54, 1.807) is 18.1 Å². The number of nitrogens with two attached hydrogens (primary N) is 1. The molecule has 0 radical (unpaired) electrons. The van der Waals surface area contributed by atoms with Gasteiger partial charge in [0.15, 0.2) is 5.69 Å². The average Bonchev–Trinajstić information content (AvgIpc) is 3.16. The minimum atomic E-state index is -0.322. The summed E-state index contributed by atoms with van der Waals surface area (Å²) in [5, 5.41) is 8.31. The molecular formula is C18H28N6O3. The van der Waals surface area contributed by atoms with Crippen molar-refractivity contribution in [3.05, 3.63) is 11.9 Å². The summed E-state index contributed by atoms with van der Waals surface area (Å²) in [5.74, 6) is -0.0664. The SMILES string of the molecule is CN1CC2(CCN(C(=O)c3cn(C4CCC(N)CC4)nn3)CC2)OCC1=O. The minimum Gasteiger partial charge on any atom is -0.363 e. The Balaban J connectivity index is 1.35. The second-order valence-corrected chi connectivity index (χ2v) is 8.17. The summed E-state index contributed by atoms with van der Waals surface area (Å²) in [4.78, 5) is 28.0. The van der Waals surface area contributed by atoms with Crippen molar-refractivity contribution in [2.45, 2.75) is 56.2 Å². The Kier molecular flexibility index (Phi) is 4.90. The predicted molar refractivity (Wildman–Crippen MR) is 97.0 cm³/mol. The summed E-state index contributed by atoms with van der Waals surface area (Å²) < 4.78 is 7.67. The Morgan fingerprint density at radius 1 is 1.26 bits per heavy atom. The highest BCUT2D eigenvalue weighted by molar-refractivity contribution is 5.92. The van der Waals surface area contributed by atoms with E-state index in [2.05, 4.69) is 10.3 Å². The highest BCUT2D eigenvalue weighted by Crippen LogP contribution is 2.31. The molecule has 9 nitrogen and oxygen atoms in total. The molecule has 0 aromatic carbocycles. The van der Waals surface area contributed by atoms with Crippen molar-refractivity contribution in [1.29, 1.82) is 0 Å². The van der Waals surface area contributed by atoms with E-state index in [0.717, 1.165) is 38.5 Å². The molecule has 0 bridgehead atoms. The van der Waals surface area contributed by atoms with Crippen molar-refractivity contribution in [1.82, 2.24) is 24.8 Å². The Morgan fingerprint density at radius 3 is 2.63 bits per heavy atom. The normalized spacial score (nSPS) is 28.6. The Labute approximate surface area is 158 Å². The minimum absolute atomic E-state index is 0.0133. The van der Waals surface area contributed by atoms with Gasteiger partial charge < -0.3 is 20.3 Å². The molecule has 2 amide bonds. The van der Waals surface area contributed by atoms with E-state index >= 15 is 0 Å². The molecule has 0 atom stereocenters. The van der Waals surface area contributed by atoms with E-state index in [0.29, 0.717) is 25.3 Å². The number of likely N-dealkylation sites (N-methyl/N-ethyl adjacent to an activating group) is 1. The van der Waals surface area contributed by atoms with Gasteiger partial charge in [0.05, 0.1) is 17.8 Å². The van der Waals surface area contributed by atoms with Gasteiger partial charge in [0.1, 0.15) is 6.61 Å². The molecule has 3 fully saturated rings. The zero-order valence-electron chi connectivity index (χ0n) is 15.8. The van der Waals surface area contributed by atoms with Crippen LogP contribution in [0.15, 0.2) is 6.20 Å². The van der Waals surface area contributed by atoms with E-state index in [1.807, 2.05) is 9.58 Å². The van der Waals surface area contributed by atoms with E-state index < -0.39 is 0 Å². The van der Waals surface area contributed by atoms with Crippen LogP contribution in [0.2, 0.25) is 0 Å². The number of hydrogen-bond donors (Lipinski definition) is 1. The van der Waals surface area contributed by atoms with Crippen LogP contribution in [0.4, 0.5) is 0 Å². The summed E-state index contributed by atoms with van der Waals surface area (Å²) in [5.41, 5.74) is 6.04. The van der Waals surface area contributed by atoms with E-state index in [9.17, 15) is 9.59 Å². The molecule has 148 valence electrons. The number of ether oxygens (including phenoxy) is 1. The number of amides is 2. The fourth-order valence-corrected chi connectivity index (χ4v) is 4.39. The first kappa shape index (κ1) is 18.4. The van der Waals surface area contributed by atoms with Crippen molar-refractivity contribution < 1.29 is 14.3 Å². The van der Waals surface area contributed by atoms with Crippen molar-refractivity contribution in [2.75, 3.05) is 33.3 Å². The van der Waals surface area contributed by atoms with E-state index in [1.165, 1.54) is 0 Å². The number of rotatable bonds is 2. The maximum Gasteiger partial charge on any atom is 0.276 e. The number of hydrogen-bond acceptors (Lipinski definition) is 6. The molecule has 4 rings (SSSR count). The summed E-state index contributed by atoms with van der Waals surface area (Å²) in [6, 6.07) is 0.565. The zero-order valence-corrected chi connectivity index (χ0v) is 15.8. The third kappa shape index (κ3) is 3.70. The van der Waals surface area contributed by atoms with Crippen LogP contribution in [0.1, 0.15) is 55.1 Å². The summed E-state index contributed by atoms with van der Waals surface area (Å²) in [6.07, 6.45) is 7.16. The van der Waals surface area contributed by atoms with Gasteiger partial charge in [-0.25, -0.2) is 4.68 Å². The first-order valence-corrected chi connectivity index (χ1v) is 9.80. The number of nitrogens with zero attached hydrogens (tertiary/aromatic N) is 5. The summed E-state index contributed by atoms with van der Waals surface area (Å²) in [7, 11) is 1.81. The second-order valence-electron chi connectivity index (χ2n) is 8.17. The van der Waals surface area contributed by atoms with Crippen LogP contribution >= 0.6 is 0 Å². The molecule has 0 unspecified atom stereocenters. The van der Waals surface area contributed by atoms with Crippen LogP contribution in [0.5, 0.6) is 0 Å². The smallest absolute Gasteiger partial charge is 0.276 e. The number of carbonyl (C=O) groups is 2. The number of carbonyl (C=O) groups excluding carboxylic acids is 2. The van der Waals surface area contributed by atoms with Crippen LogP contribution in [0, 0.1) is 0 Å². The highest BCUT2D eigenvalue weighted by atomic mass is 16.5. The summed E-state index contributed by atoms with van der Waals surface area (Å²) >= 11 is 0. The fraction of sp³-hybridized carbons (Fsp3) is 0.778. The lowest BCUT2D eigenvalue weighted by atomic mass is 9.89. The molecule has 1 aromatic heterocycles. The predicted octanol–water partition coefficient (Wildman–Crippen LogP) is 0.184. The monoisotopic (exact) mass is 376 g/mol. The van der Waals surface area contributed by atoms with Gasteiger partial charge in [-0.3, -0.25) is 9.59 Å². The van der Waals surface area contributed by atoms with Crippen molar-refractivity contribution in [3.63, 3.8) is 0 Å². The first-order chi connectivity index (χ1) is 13.0. The van der Waals surface area contributed by atoms with Gasteiger partial charge in [0.2, 0.25) is 5.91 Å². The largest absolute Gasteiger partial charge is 0.363 e. The molecule has 27 heavy (non-hydrogen) atoms. The van der Waals surface area contributed by atoms with Crippen LogP contribution in [0.25, 0.3) is 0 Å². The van der Waals surface area contributed by atoms with Crippen molar-refractivity contribution >= 4 is 11.8 Å². The Morgan fingerprint density at radius 2 is 1.96 bits per heavy atom. The lowest BCUT2D eigenvalue weighted by Gasteiger charge is -2.46. The quantitative estimate of drug-likeness (QED) is 0.789. The second kappa shape index (κ2) is 7.20. The van der Waals surface area contributed by atoms with Crippen molar-refractivity contribution in [2.24, 2.45) is 5.73 Å². The lowest BCUT2D eigenvalue weighted by Crippen LogP contribution is -2.58. The molecular weight excluding hydrogens is 348 g/mol. The molecule has 1 saturated carbocycles. The van der Waals surface area contributed by atoms with Gasteiger partial charge in [-0.1, -0.05) is 5.21 Å². The maximum atomic E-state index is 12.8. The topological polar surface area (TPSA) is 107 Å². The highest BCUT2D eigenvalue weighted by Gasteiger charge is 2.42. The van der Waals surface area contributed by atoms with Gasteiger partial charge in [-0.15, -0.1) is 5.10 Å². The Hall–Kier alpha value is -2.00. The molecule has 2 N–H and O–H groups in total. The van der Waals surface area contributed by atoms with Crippen molar-refractivity contribution in [3.8, 4) is 0 Å². The molecule has 3 heterocycles. The van der Waals surface area contributed by atoms with Crippen LogP contribution < -0.4 is 5.73 Å². The van der Waals surface area contributed by atoms with Crippen LogP contribution in [-0.2, 0) is 9.53 Å². The third-order valence-corrected chi connectivity index (χ3v) is 6.26. The van der Waals surface area contributed by atoms with Gasteiger partial charge in [0, 0.05) is 32.7 Å². The lowest BCUT2D eigenvalue weighted by molar-refractivity contribution is -0.167. The van der Waals surface area contributed by atoms with Gasteiger partial charge in [-0.05, 0) is 38.5 Å². The molecule has 2 aliphatic heterocycles. The van der Waals surface area contributed by atoms with Gasteiger partial charge >= 0.3 is 0 Å². The molecule has 1 spiro atoms. The zero-order chi connectivity index (χ0) is 19.0. The molecule has 2 saturated heterocycles. The number of likely N-dealkylation sites (tertiary alicyclic amines) is 1. The maximum absolute atomic E-state index is 12.8.